The van der Waals surface area contributed by atoms with Crippen LogP contribution in [-0.4, -0.2) is 29.0 Å². The summed E-state index contributed by atoms with van der Waals surface area (Å²) >= 11 is 0. The van der Waals surface area contributed by atoms with Crippen LogP contribution in [0, 0.1) is 11.8 Å². The van der Waals surface area contributed by atoms with E-state index in [1.54, 1.807) is 6.34 Å². The predicted octanol–water partition coefficient (Wildman–Crippen LogP) is 1.52. The molecule has 1 aromatic heterocycles. The zero-order valence-corrected chi connectivity index (χ0v) is 12.3. The fraction of sp³-hybridized carbons (Fsp3) is 0.400. The molecule has 1 aromatic rings. The van der Waals surface area contributed by atoms with Crippen molar-refractivity contribution in [2.24, 2.45) is 33.4 Å². The van der Waals surface area contributed by atoms with E-state index in [0.717, 1.165) is 48.5 Å². The molecule has 3 rings (SSSR count). The van der Waals surface area contributed by atoms with Crippen LogP contribution < -0.4 is 11.6 Å². The molecule has 22 heavy (non-hydrogen) atoms. The van der Waals surface area contributed by atoms with Crippen LogP contribution in [0.5, 0.6) is 0 Å². The number of rotatable bonds is 3. The average molecular weight is 300 g/mol. The van der Waals surface area contributed by atoms with Gasteiger partial charge in [0, 0.05) is 23.6 Å². The summed E-state index contributed by atoms with van der Waals surface area (Å²) in [7, 11) is 0. The van der Waals surface area contributed by atoms with E-state index in [0.29, 0.717) is 0 Å². The lowest BCUT2D eigenvalue weighted by atomic mass is 9.79. The lowest BCUT2D eigenvalue weighted by Crippen LogP contribution is -2.32. The monoisotopic (exact) mass is 300 g/mol. The van der Waals surface area contributed by atoms with Gasteiger partial charge in [-0.25, -0.2) is 10.8 Å². The van der Waals surface area contributed by atoms with Gasteiger partial charge in [0.2, 0.25) is 5.91 Å². The summed E-state index contributed by atoms with van der Waals surface area (Å²) in [5.74, 6) is 6.81. The molecule has 7 heteroatoms. The number of hydrogen-bond acceptors (Lipinski definition) is 5. The number of carbonyl (C=O) groups is 1. The van der Waals surface area contributed by atoms with Crippen molar-refractivity contribution in [1.29, 1.82) is 0 Å². The minimum atomic E-state index is -0.211. The molecule has 1 aliphatic carbocycles. The maximum atomic E-state index is 11.3. The van der Waals surface area contributed by atoms with E-state index in [1.807, 2.05) is 12.3 Å². The van der Waals surface area contributed by atoms with Crippen molar-refractivity contribution in [3.8, 4) is 0 Å². The SMILES string of the molecule is C=N/C(=C1/c2cc[nH]c2N=CN1N)C1CCC(C(N)=O)CC1. The molecule has 1 aliphatic heterocycles. The van der Waals surface area contributed by atoms with Gasteiger partial charge < -0.3 is 10.7 Å². The Kier molecular flexibility index (Phi) is 3.81. The summed E-state index contributed by atoms with van der Waals surface area (Å²) in [4.78, 5) is 22.9. The van der Waals surface area contributed by atoms with Crippen LogP contribution in [0.2, 0.25) is 0 Å². The number of hydrazine groups is 1. The molecule has 0 unspecified atom stereocenters. The topological polar surface area (TPSA) is 113 Å². The molecule has 2 aliphatic rings. The molecule has 0 radical (unpaired) electrons. The van der Waals surface area contributed by atoms with Gasteiger partial charge in [0.25, 0.3) is 0 Å². The van der Waals surface area contributed by atoms with Gasteiger partial charge in [-0.15, -0.1) is 0 Å². The molecule has 0 atom stereocenters. The summed E-state index contributed by atoms with van der Waals surface area (Å²) in [6, 6.07) is 1.93. The molecule has 0 spiro atoms. The first-order chi connectivity index (χ1) is 10.6. The Labute approximate surface area is 128 Å². The summed E-state index contributed by atoms with van der Waals surface area (Å²) in [6.45, 7) is 3.72. The molecular formula is C15H20N6O. The lowest BCUT2D eigenvalue weighted by Gasteiger charge is -2.30. The number of primary amides is 1. The molecule has 1 fully saturated rings. The summed E-state index contributed by atoms with van der Waals surface area (Å²) in [5.41, 5.74) is 8.00. The average Bonchev–Trinajstić information content (AvgIpc) is 2.99. The van der Waals surface area contributed by atoms with Crippen LogP contribution in [0.15, 0.2) is 27.9 Å². The zero-order chi connectivity index (χ0) is 15.7. The van der Waals surface area contributed by atoms with Crippen molar-refractivity contribution in [3.05, 3.63) is 23.5 Å². The maximum Gasteiger partial charge on any atom is 0.220 e. The third-order valence-corrected chi connectivity index (χ3v) is 4.48. The highest BCUT2D eigenvalue weighted by Gasteiger charge is 2.30. The largest absolute Gasteiger partial charge is 0.369 e. The van der Waals surface area contributed by atoms with Crippen LogP contribution in [0.25, 0.3) is 5.70 Å². The smallest absolute Gasteiger partial charge is 0.220 e. The van der Waals surface area contributed by atoms with Crippen LogP contribution in [0.1, 0.15) is 31.2 Å². The number of carbonyl (C=O) groups excluding carboxylic acids is 1. The number of aromatic amines is 1. The van der Waals surface area contributed by atoms with E-state index < -0.39 is 0 Å². The van der Waals surface area contributed by atoms with Gasteiger partial charge in [0.05, 0.1) is 11.4 Å². The predicted molar refractivity (Wildman–Crippen MR) is 86.1 cm³/mol. The summed E-state index contributed by atoms with van der Waals surface area (Å²) in [6.07, 6.45) is 6.67. The van der Waals surface area contributed by atoms with Crippen molar-refractivity contribution < 1.29 is 4.79 Å². The normalized spacial score (nSPS) is 26.5. The second kappa shape index (κ2) is 5.76. The molecule has 116 valence electrons. The molecule has 0 aromatic carbocycles. The summed E-state index contributed by atoms with van der Waals surface area (Å²) in [5, 5.41) is 1.49. The molecule has 1 saturated carbocycles. The molecule has 5 N–H and O–H groups in total. The Morgan fingerprint density at radius 3 is 2.68 bits per heavy atom. The Bertz CT molecular complexity index is 651. The van der Waals surface area contributed by atoms with Gasteiger partial charge in [-0.05, 0) is 38.5 Å². The maximum absolute atomic E-state index is 11.3. The molecule has 1 amide bonds. The fourth-order valence-electron chi connectivity index (χ4n) is 3.29. The molecule has 0 bridgehead atoms. The fourth-order valence-corrected chi connectivity index (χ4v) is 3.29. The summed E-state index contributed by atoms with van der Waals surface area (Å²) < 4.78 is 0. The van der Waals surface area contributed by atoms with Crippen molar-refractivity contribution in [3.63, 3.8) is 0 Å². The lowest BCUT2D eigenvalue weighted by molar-refractivity contribution is -0.122. The Morgan fingerprint density at radius 2 is 2.05 bits per heavy atom. The highest BCUT2D eigenvalue weighted by molar-refractivity contribution is 5.87. The standard InChI is InChI=1S/C15H20N6O/c1-18-12(9-2-4-10(5-3-9)14(16)22)13-11-6-7-19-15(11)20-8-21(13)17/h6-10,19H,1-5,17H2,(H2,16,22)/b13-12-. The van der Waals surface area contributed by atoms with Crippen LogP contribution in [-0.2, 0) is 4.79 Å². The van der Waals surface area contributed by atoms with E-state index in [9.17, 15) is 4.79 Å². The van der Waals surface area contributed by atoms with Gasteiger partial charge in [-0.3, -0.25) is 14.8 Å². The van der Waals surface area contributed by atoms with Gasteiger partial charge in [-0.1, -0.05) is 0 Å². The number of nitrogens with two attached hydrogens (primary N) is 2. The quantitative estimate of drug-likeness (QED) is 0.581. The second-order valence-electron chi connectivity index (χ2n) is 5.73. The van der Waals surface area contributed by atoms with E-state index in [2.05, 4.69) is 21.7 Å². The van der Waals surface area contributed by atoms with Crippen LogP contribution >= 0.6 is 0 Å². The minimum absolute atomic E-state index is 0.0305. The van der Waals surface area contributed by atoms with E-state index in [4.69, 9.17) is 11.6 Å². The van der Waals surface area contributed by atoms with Crippen molar-refractivity contribution in [2.45, 2.75) is 25.7 Å². The Morgan fingerprint density at radius 1 is 1.36 bits per heavy atom. The van der Waals surface area contributed by atoms with Crippen molar-refractivity contribution >= 4 is 30.5 Å². The highest BCUT2D eigenvalue weighted by atomic mass is 16.1. The number of fused-ring (bicyclic) bond motifs is 1. The van der Waals surface area contributed by atoms with Gasteiger partial charge in [-0.2, -0.15) is 0 Å². The first-order valence-corrected chi connectivity index (χ1v) is 7.38. The third-order valence-electron chi connectivity index (χ3n) is 4.48. The number of aliphatic imine (C=N–C) groups is 2. The zero-order valence-electron chi connectivity index (χ0n) is 12.3. The first-order valence-electron chi connectivity index (χ1n) is 7.38. The van der Waals surface area contributed by atoms with Crippen LogP contribution in [0.4, 0.5) is 5.82 Å². The molecule has 7 nitrogen and oxygen atoms in total. The number of nitrogens with zero attached hydrogens (tertiary/aromatic N) is 3. The number of hydrogen-bond donors (Lipinski definition) is 3. The molecule has 2 heterocycles. The van der Waals surface area contributed by atoms with E-state index in [-0.39, 0.29) is 17.7 Å². The van der Waals surface area contributed by atoms with E-state index >= 15 is 0 Å². The third kappa shape index (κ3) is 2.43. The van der Waals surface area contributed by atoms with Crippen molar-refractivity contribution in [2.75, 3.05) is 0 Å². The van der Waals surface area contributed by atoms with Gasteiger partial charge in [0.1, 0.15) is 12.2 Å². The number of nitrogens with one attached hydrogen (secondary N) is 1. The van der Waals surface area contributed by atoms with E-state index in [1.165, 1.54) is 5.01 Å². The minimum Gasteiger partial charge on any atom is -0.369 e. The number of H-pyrrole nitrogens is 1. The Hall–Kier alpha value is -2.41. The van der Waals surface area contributed by atoms with Crippen LogP contribution in [0.3, 0.4) is 0 Å². The molecule has 0 saturated heterocycles. The second-order valence-corrected chi connectivity index (χ2v) is 5.73. The first kappa shape index (κ1) is 14.5. The Balaban J connectivity index is 1.92. The highest BCUT2D eigenvalue weighted by Crippen LogP contribution is 2.40. The number of allylic oxidation sites excluding steroid dienone is 1. The van der Waals surface area contributed by atoms with Gasteiger partial charge in [0.15, 0.2) is 0 Å². The molecular weight excluding hydrogens is 280 g/mol. The van der Waals surface area contributed by atoms with Gasteiger partial charge >= 0.3 is 0 Å². The van der Waals surface area contributed by atoms with Crippen molar-refractivity contribution in [1.82, 2.24) is 9.99 Å². The number of aromatic nitrogens is 1. The number of amides is 1.